The molecule has 4 N–H and O–H groups in total. The Bertz CT molecular complexity index is 1720. The summed E-state index contributed by atoms with van der Waals surface area (Å²) in [6.45, 7) is 1.50. The standard InChI is InChI=1S/C25H14O8/c1-9-8-13-11-6-2-4-10-5-3-7-12(15(10)11)16-17(13)18(14(9)22(26)27)20(24(30)31)21(25(32)33)19(16)23(28)29/h2-8H,1H3,(H,26,27)(H,28,29)(H,30,31)(H,32,33). The Labute approximate surface area is 184 Å². The Morgan fingerprint density at radius 1 is 0.545 bits per heavy atom. The third kappa shape index (κ3) is 2.51. The van der Waals surface area contributed by atoms with E-state index < -0.39 is 40.6 Å². The number of carboxylic acids is 4. The molecule has 5 aromatic carbocycles. The van der Waals surface area contributed by atoms with Crippen LogP contribution in [0.1, 0.15) is 47.0 Å². The number of benzene rings is 5. The molecule has 0 heterocycles. The average Bonchev–Trinajstić information content (AvgIpc) is 2.74. The third-order valence-corrected chi connectivity index (χ3v) is 6.09. The van der Waals surface area contributed by atoms with Crippen molar-refractivity contribution in [1.82, 2.24) is 0 Å². The predicted molar refractivity (Wildman–Crippen MR) is 120 cm³/mol. The van der Waals surface area contributed by atoms with Crippen LogP contribution in [0.25, 0.3) is 43.1 Å². The second-order valence-corrected chi connectivity index (χ2v) is 7.80. The van der Waals surface area contributed by atoms with Gasteiger partial charge in [0.2, 0.25) is 0 Å². The molecule has 0 fully saturated rings. The van der Waals surface area contributed by atoms with E-state index in [9.17, 15) is 39.6 Å². The first-order chi connectivity index (χ1) is 15.6. The van der Waals surface area contributed by atoms with Crippen LogP contribution in [0.4, 0.5) is 0 Å². The molecule has 162 valence electrons. The van der Waals surface area contributed by atoms with Crippen LogP contribution < -0.4 is 0 Å². The van der Waals surface area contributed by atoms with Crippen LogP contribution in [-0.4, -0.2) is 44.3 Å². The van der Waals surface area contributed by atoms with Gasteiger partial charge in [-0.1, -0.05) is 36.4 Å². The van der Waals surface area contributed by atoms with E-state index in [1.165, 1.54) is 6.92 Å². The maximum Gasteiger partial charge on any atom is 0.337 e. The van der Waals surface area contributed by atoms with Crippen molar-refractivity contribution in [2.75, 3.05) is 0 Å². The van der Waals surface area contributed by atoms with Gasteiger partial charge in [0.1, 0.15) is 0 Å². The van der Waals surface area contributed by atoms with Gasteiger partial charge in [0.05, 0.1) is 22.3 Å². The molecule has 0 aliphatic heterocycles. The minimum absolute atomic E-state index is 0.00157. The van der Waals surface area contributed by atoms with E-state index in [1.807, 2.05) is 12.1 Å². The molecule has 8 heteroatoms. The van der Waals surface area contributed by atoms with E-state index in [0.29, 0.717) is 21.5 Å². The van der Waals surface area contributed by atoms with Gasteiger partial charge in [-0.3, -0.25) is 0 Å². The van der Waals surface area contributed by atoms with Crippen molar-refractivity contribution in [2.24, 2.45) is 0 Å². The lowest BCUT2D eigenvalue weighted by Crippen LogP contribution is -2.18. The number of aromatic carboxylic acids is 4. The summed E-state index contributed by atoms with van der Waals surface area (Å²) < 4.78 is 0. The number of carbonyl (C=O) groups is 4. The molecule has 0 aliphatic rings. The highest BCUT2D eigenvalue weighted by Gasteiger charge is 2.34. The largest absolute Gasteiger partial charge is 0.478 e. The Balaban J connectivity index is 2.36. The van der Waals surface area contributed by atoms with Crippen LogP contribution in [0, 0.1) is 6.92 Å². The SMILES string of the molecule is Cc1cc2c3cccc4cccc(c5c(C(=O)O)c(C(=O)O)c(C(=O)O)c(c1C(=O)O)c25)c43. The van der Waals surface area contributed by atoms with Gasteiger partial charge in [-0.05, 0) is 45.5 Å². The van der Waals surface area contributed by atoms with E-state index in [-0.39, 0.29) is 27.3 Å². The van der Waals surface area contributed by atoms with Crippen molar-refractivity contribution in [3.8, 4) is 0 Å². The zero-order valence-corrected chi connectivity index (χ0v) is 17.0. The Kier molecular flexibility index (Phi) is 4.06. The summed E-state index contributed by atoms with van der Waals surface area (Å²) in [7, 11) is 0. The zero-order valence-electron chi connectivity index (χ0n) is 17.0. The molecule has 0 radical (unpaired) electrons. The molecule has 0 spiro atoms. The van der Waals surface area contributed by atoms with Crippen molar-refractivity contribution < 1.29 is 39.6 Å². The summed E-state index contributed by atoms with van der Waals surface area (Å²) in [5.74, 6) is -6.55. The Morgan fingerprint density at radius 2 is 1.06 bits per heavy atom. The van der Waals surface area contributed by atoms with Crippen LogP contribution in [-0.2, 0) is 0 Å². The van der Waals surface area contributed by atoms with Gasteiger partial charge in [-0.25, -0.2) is 19.2 Å². The van der Waals surface area contributed by atoms with Crippen LogP contribution in [0.15, 0.2) is 42.5 Å². The summed E-state index contributed by atoms with van der Waals surface area (Å²) in [6.07, 6.45) is 0. The first-order valence-electron chi connectivity index (χ1n) is 9.78. The highest BCUT2D eigenvalue weighted by atomic mass is 16.4. The first-order valence-corrected chi connectivity index (χ1v) is 9.78. The minimum atomic E-state index is -1.77. The quantitative estimate of drug-likeness (QED) is 0.228. The van der Waals surface area contributed by atoms with E-state index in [1.54, 1.807) is 30.3 Å². The summed E-state index contributed by atoms with van der Waals surface area (Å²) in [4.78, 5) is 49.2. The maximum atomic E-state index is 12.4. The van der Waals surface area contributed by atoms with Crippen LogP contribution in [0.2, 0.25) is 0 Å². The summed E-state index contributed by atoms with van der Waals surface area (Å²) in [5, 5.41) is 42.7. The van der Waals surface area contributed by atoms with Gasteiger partial charge in [0.15, 0.2) is 0 Å². The van der Waals surface area contributed by atoms with Gasteiger partial charge >= 0.3 is 23.9 Å². The van der Waals surface area contributed by atoms with E-state index in [0.717, 1.165) is 5.39 Å². The molecule has 0 unspecified atom stereocenters. The molecule has 0 saturated carbocycles. The van der Waals surface area contributed by atoms with Gasteiger partial charge < -0.3 is 20.4 Å². The topological polar surface area (TPSA) is 149 Å². The average molecular weight is 442 g/mol. The van der Waals surface area contributed by atoms with Gasteiger partial charge in [-0.2, -0.15) is 0 Å². The second kappa shape index (κ2) is 6.64. The summed E-state index contributed by atoms with van der Waals surface area (Å²) >= 11 is 0. The van der Waals surface area contributed by atoms with Crippen molar-refractivity contribution >= 4 is 67.0 Å². The van der Waals surface area contributed by atoms with E-state index in [4.69, 9.17) is 0 Å². The molecule has 0 aliphatic carbocycles. The minimum Gasteiger partial charge on any atom is -0.478 e. The molecule has 0 atom stereocenters. The lowest BCUT2D eigenvalue weighted by atomic mass is 9.80. The lowest BCUT2D eigenvalue weighted by molar-refractivity contribution is 0.0635. The monoisotopic (exact) mass is 442 g/mol. The number of fused-ring (bicyclic) bond motifs is 2. The van der Waals surface area contributed by atoms with Gasteiger partial charge in [0.25, 0.3) is 0 Å². The second-order valence-electron chi connectivity index (χ2n) is 7.80. The van der Waals surface area contributed by atoms with Crippen LogP contribution >= 0.6 is 0 Å². The molecule has 0 aromatic heterocycles. The number of hydrogen-bond acceptors (Lipinski definition) is 4. The molecule has 0 bridgehead atoms. The normalized spacial score (nSPS) is 11.5. The highest BCUT2D eigenvalue weighted by Crippen LogP contribution is 2.46. The molecule has 5 aromatic rings. The molecular formula is C25H14O8. The fourth-order valence-electron chi connectivity index (χ4n) is 5.00. The summed E-state index contributed by atoms with van der Waals surface area (Å²) in [5.41, 5.74) is -2.64. The summed E-state index contributed by atoms with van der Waals surface area (Å²) in [6, 6.07) is 12.1. The number of carboxylic acid groups (broad SMARTS) is 4. The highest BCUT2D eigenvalue weighted by molar-refractivity contribution is 6.40. The van der Waals surface area contributed by atoms with Crippen molar-refractivity contribution in [1.29, 1.82) is 0 Å². The van der Waals surface area contributed by atoms with Crippen LogP contribution in [0.5, 0.6) is 0 Å². The molecule has 5 rings (SSSR count). The van der Waals surface area contributed by atoms with E-state index >= 15 is 0 Å². The van der Waals surface area contributed by atoms with Gasteiger partial charge in [0, 0.05) is 16.2 Å². The van der Waals surface area contributed by atoms with E-state index in [2.05, 4.69) is 0 Å². The number of rotatable bonds is 4. The molecule has 33 heavy (non-hydrogen) atoms. The third-order valence-electron chi connectivity index (χ3n) is 6.09. The lowest BCUT2D eigenvalue weighted by Gasteiger charge is -2.21. The van der Waals surface area contributed by atoms with Crippen molar-refractivity contribution in [3.63, 3.8) is 0 Å². The molecule has 0 saturated heterocycles. The van der Waals surface area contributed by atoms with Crippen molar-refractivity contribution in [3.05, 3.63) is 70.3 Å². The number of hydrogen-bond donors (Lipinski definition) is 4. The fraction of sp³-hybridized carbons (Fsp3) is 0.0400. The Morgan fingerprint density at radius 3 is 1.61 bits per heavy atom. The Hall–Kier alpha value is -4.72. The van der Waals surface area contributed by atoms with Crippen molar-refractivity contribution in [2.45, 2.75) is 6.92 Å². The van der Waals surface area contributed by atoms with Crippen LogP contribution in [0.3, 0.4) is 0 Å². The smallest absolute Gasteiger partial charge is 0.337 e. The predicted octanol–water partition coefficient (Wildman–Crippen LogP) is 4.84. The fourth-order valence-corrected chi connectivity index (χ4v) is 5.00. The van der Waals surface area contributed by atoms with Gasteiger partial charge in [-0.15, -0.1) is 0 Å². The number of aryl methyl sites for hydroxylation is 1. The maximum absolute atomic E-state index is 12.4. The zero-order chi connectivity index (χ0) is 23.8. The molecule has 0 amide bonds. The molecular weight excluding hydrogens is 428 g/mol. The molecule has 8 nitrogen and oxygen atoms in total. The first kappa shape index (κ1) is 20.2.